The van der Waals surface area contributed by atoms with Gasteiger partial charge in [-0.3, -0.25) is 0 Å². The first kappa shape index (κ1) is 19.3. The van der Waals surface area contributed by atoms with Gasteiger partial charge in [0.1, 0.15) is 0 Å². The van der Waals surface area contributed by atoms with Crippen LogP contribution in [-0.2, 0) is 5.41 Å². The molecule has 1 spiro atoms. The van der Waals surface area contributed by atoms with Crippen molar-refractivity contribution in [2.45, 2.75) is 5.41 Å². The molecule has 0 saturated carbocycles. The number of hydrogen-bond donors (Lipinski definition) is 1. The van der Waals surface area contributed by atoms with Crippen LogP contribution < -0.4 is 5.32 Å². The fraction of sp³-hybridized carbons (Fsp3) is 0.0303. The number of fused-ring (bicyclic) bond motifs is 13. The molecule has 0 radical (unpaired) electrons. The number of hydrogen-bond acceptors (Lipinski definition) is 1. The standard InChI is InChI=1S/C33H20ClN/c34-22-15-16-26-25-11-5-6-12-27(25)33(30(26)19-22)28-17-13-20-7-1-3-9-23(20)31(28)35-32-24-10-4-2-8-21(24)14-18-29(32)33/h1-19,35H. The molecule has 0 aromatic heterocycles. The van der Waals surface area contributed by atoms with Crippen molar-refractivity contribution < 1.29 is 0 Å². The molecule has 164 valence electrons. The highest BCUT2D eigenvalue weighted by Gasteiger charge is 2.50. The molecule has 8 rings (SSSR count). The fourth-order valence-electron chi connectivity index (χ4n) is 6.54. The van der Waals surface area contributed by atoms with E-state index in [-0.39, 0.29) is 0 Å². The Morgan fingerprint density at radius 2 is 1.06 bits per heavy atom. The monoisotopic (exact) mass is 465 g/mol. The molecule has 0 unspecified atom stereocenters. The molecular weight excluding hydrogens is 446 g/mol. The van der Waals surface area contributed by atoms with E-state index in [2.05, 4.69) is 115 Å². The van der Waals surface area contributed by atoms with Gasteiger partial charge in [0.2, 0.25) is 0 Å². The van der Waals surface area contributed by atoms with Crippen molar-refractivity contribution in [2.24, 2.45) is 0 Å². The summed E-state index contributed by atoms with van der Waals surface area (Å²) in [6, 6.07) is 41.7. The lowest BCUT2D eigenvalue weighted by Gasteiger charge is -2.41. The summed E-state index contributed by atoms with van der Waals surface area (Å²) in [5, 5.41) is 9.61. The zero-order valence-electron chi connectivity index (χ0n) is 18.8. The molecule has 6 aromatic carbocycles. The summed E-state index contributed by atoms with van der Waals surface area (Å²) in [5.74, 6) is 0. The summed E-state index contributed by atoms with van der Waals surface area (Å²) in [6.07, 6.45) is 0. The zero-order chi connectivity index (χ0) is 23.1. The predicted octanol–water partition coefficient (Wildman–Crippen LogP) is 9.07. The average Bonchev–Trinajstić information content (AvgIpc) is 3.19. The van der Waals surface area contributed by atoms with E-state index < -0.39 is 5.41 Å². The van der Waals surface area contributed by atoms with Gasteiger partial charge in [0.25, 0.3) is 0 Å². The van der Waals surface area contributed by atoms with E-state index in [1.807, 2.05) is 6.07 Å². The van der Waals surface area contributed by atoms with Crippen molar-refractivity contribution in [3.8, 4) is 11.1 Å². The average molecular weight is 466 g/mol. The van der Waals surface area contributed by atoms with Crippen LogP contribution in [-0.4, -0.2) is 0 Å². The molecule has 1 aliphatic carbocycles. The van der Waals surface area contributed by atoms with Gasteiger partial charge in [0.05, 0.1) is 16.8 Å². The van der Waals surface area contributed by atoms with Crippen molar-refractivity contribution in [2.75, 3.05) is 5.32 Å². The molecule has 1 nitrogen and oxygen atoms in total. The Kier molecular flexibility index (Phi) is 3.71. The third-order valence-electron chi connectivity index (χ3n) is 7.92. The van der Waals surface area contributed by atoms with Crippen LogP contribution in [0.4, 0.5) is 11.4 Å². The van der Waals surface area contributed by atoms with Gasteiger partial charge in [-0.1, -0.05) is 115 Å². The van der Waals surface area contributed by atoms with Gasteiger partial charge >= 0.3 is 0 Å². The van der Waals surface area contributed by atoms with Gasteiger partial charge in [0.15, 0.2) is 0 Å². The van der Waals surface area contributed by atoms with E-state index in [0.29, 0.717) is 0 Å². The first-order chi connectivity index (χ1) is 17.3. The fourth-order valence-corrected chi connectivity index (χ4v) is 6.71. The quantitative estimate of drug-likeness (QED) is 0.235. The summed E-state index contributed by atoms with van der Waals surface area (Å²) in [6.45, 7) is 0. The highest BCUT2D eigenvalue weighted by Crippen LogP contribution is 2.62. The molecule has 6 aromatic rings. The van der Waals surface area contributed by atoms with Gasteiger partial charge in [-0.15, -0.1) is 0 Å². The van der Waals surface area contributed by atoms with Crippen LogP contribution in [0.1, 0.15) is 22.3 Å². The van der Waals surface area contributed by atoms with E-state index in [1.165, 1.54) is 66.3 Å². The highest BCUT2D eigenvalue weighted by atomic mass is 35.5. The Balaban J connectivity index is 1.64. The Hall–Kier alpha value is -4.07. The third-order valence-corrected chi connectivity index (χ3v) is 8.16. The first-order valence-corrected chi connectivity index (χ1v) is 12.4. The van der Waals surface area contributed by atoms with E-state index in [4.69, 9.17) is 11.6 Å². The highest BCUT2D eigenvalue weighted by molar-refractivity contribution is 6.31. The molecule has 0 bridgehead atoms. The number of rotatable bonds is 0. The number of nitrogens with one attached hydrogen (secondary N) is 1. The molecule has 1 aliphatic heterocycles. The first-order valence-electron chi connectivity index (χ1n) is 12.0. The summed E-state index contributed by atoms with van der Waals surface area (Å²) in [5.41, 5.74) is 9.53. The largest absolute Gasteiger partial charge is 0.354 e. The molecule has 1 heterocycles. The van der Waals surface area contributed by atoms with Crippen LogP contribution in [0, 0.1) is 0 Å². The molecule has 1 N–H and O–H groups in total. The summed E-state index contributed by atoms with van der Waals surface area (Å²) in [7, 11) is 0. The molecule has 0 fully saturated rings. The Labute approximate surface area is 208 Å². The Morgan fingerprint density at radius 3 is 1.74 bits per heavy atom. The second kappa shape index (κ2) is 6.75. The second-order valence-electron chi connectivity index (χ2n) is 9.53. The molecule has 2 aliphatic rings. The maximum Gasteiger partial charge on any atom is 0.0754 e. The SMILES string of the molecule is Clc1ccc2c(c1)C1(c3ccccc3-2)c2ccc3ccccc3c2Nc2c1ccc1ccccc21. The van der Waals surface area contributed by atoms with E-state index in [1.54, 1.807) is 0 Å². The van der Waals surface area contributed by atoms with Crippen molar-refractivity contribution in [3.05, 3.63) is 143 Å². The molecule has 0 atom stereocenters. The maximum absolute atomic E-state index is 6.70. The normalized spacial score (nSPS) is 14.3. The lowest BCUT2D eigenvalue weighted by Crippen LogP contribution is -2.33. The van der Waals surface area contributed by atoms with E-state index in [9.17, 15) is 0 Å². The second-order valence-corrected chi connectivity index (χ2v) is 9.97. The lowest BCUT2D eigenvalue weighted by molar-refractivity contribution is 0.766. The zero-order valence-corrected chi connectivity index (χ0v) is 19.6. The van der Waals surface area contributed by atoms with Gasteiger partial charge in [-0.25, -0.2) is 0 Å². The van der Waals surface area contributed by atoms with Crippen LogP contribution >= 0.6 is 11.6 Å². The van der Waals surface area contributed by atoms with Crippen molar-refractivity contribution in [1.82, 2.24) is 0 Å². The summed E-state index contributed by atoms with van der Waals surface area (Å²) in [4.78, 5) is 0. The van der Waals surface area contributed by atoms with Crippen LogP contribution in [0.5, 0.6) is 0 Å². The summed E-state index contributed by atoms with van der Waals surface area (Å²) < 4.78 is 0. The minimum atomic E-state index is -0.458. The molecule has 2 heteroatoms. The van der Waals surface area contributed by atoms with Crippen molar-refractivity contribution in [3.63, 3.8) is 0 Å². The topological polar surface area (TPSA) is 12.0 Å². The lowest BCUT2D eigenvalue weighted by atomic mass is 9.64. The van der Waals surface area contributed by atoms with Crippen LogP contribution in [0.25, 0.3) is 32.7 Å². The molecule has 0 saturated heterocycles. The van der Waals surface area contributed by atoms with E-state index in [0.717, 1.165) is 5.02 Å². The van der Waals surface area contributed by atoms with Crippen molar-refractivity contribution >= 4 is 44.5 Å². The number of halogens is 1. The molecular formula is C33H20ClN. The van der Waals surface area contributed by atoms with Gasteiger partial charge in [-0.05, 0) is 56.3 Å². The number of anilines is 2. The van der Waals surface area contributed by atoms with Crippen LogP contribution in [0.15, 0.2) is 115 Å². The Morgan fingerprint density at radius 1 is 0.486 bits per heavy atom. The summed E-state index contributed by atoms with van der Waals surface area (Å²) >= 11 is 6.70. The molecule has 35 heavy (non-hydrogen) atoms. The number of benzene rings is 6. The predicted molar refractivity (Wildman–Crippen MR) is 147 cm³/mol. The van der Waals surface area contributed by atoms with Gasteiger partial charge in [-0.2, -0.15) is 0 Å². The van der Waals surface area contributed by atoms with Crippen LogP contribution in [0.3, 0.4) is 0 Å². The maximum atomic E-state index is 6.70. The van der Waals surface area contributed by atoms with Gasteiger partial charge < -0.3 is 5.32 Å². The minimum Gasteiger partial charge on any atom is -0.354 e. The van der Waals surface area contributed by atoms with Crippen LogP contribution in [0.2, 0.25) is 5.02 Å². The third kappa shape index (κ3) is 2.34. The van der Waals surface area contributed by atoms with E-state index >= 15 is 0 Å². The molecule has 0 amide bonds. The van der Waals surface area contributed by atoms with Crippen molar-refractivity contribution in [1.29, 1.82) is 0 Å². The Bertz CT molecular complexity index is 1760. The smallest absolute Gasteiger partial charge is 0.0754 e. The van der Waals surface area contributed by atoms with Gasteiger partial charge in [0, 0.05) is 15.8 Å². The minimum absolute atomic E-state index is 0.458.